The normalized spacial score (nSPS) is 29.8. The first kappa shape index (κ1) is 12.8. The van der Waals surface area contributed by atoms with Gasteiger partial charge in [-0.05, 0) is 61.8 Å². The zero-order chi connectivity index (χ0) is 13.6. The molecule has 2 aliphatic carbocycles. The Balaban J connectivity index is 1.98. The van der Waals surface area contributed by atoms with E-state index in [2.05, 4.69) is 0 Å². The minimum atomic E-state index is -0.361. The molecule has 1 N–H and O–H groups in total. The van der Waals surface area contributed by atoms with Crippen LogP contribution in [0.25, 0.3) is 0 Å². The standard InChI is InChI=1S/C16H19FO2/c1-2-10-7-13-11(8-14(10)17)9-16(15(13)19)5-3-12(18)4-6-16/h7-8,12,18H,2-6,9H2,1H3. The van der Waals surface area contributed by atoms with E-state index in [1.807, 2.05) is 6.92 Å². The van der Waals surface area contributed by atoms with Gasteiger partial charge in [0, 0.05) is 11.0 Å². The number of aryl methyl sites for hydroxylation is 1. The molecule has 19 heavy (non-hydrogen) atoms. The van der Waals surface area contributed by atoms with Crippen molar-refractivity contribution in [1.29, 1.82) is 0 Å². The van der Waals surface area contributed by atoms with Crippen LogP contribution in [0.1, 0.15) is 54.1 Å². The number of rotatable bonds is 1. The first-order chi connectivity index (χ1) is 9.05. The molecule has 1 fully saturated rings. The van der Waals surface area contributed by atoms with Crippen molar-refractivity contribution >= 4 is 5.78 Å². The lowest BCUT2D eigenvalue weighted by Gasteiger charge is -2.33. The molecule has 1 spiro atoms. The lowest BCUT2D eigenvalue weighted by atomic mass is 9.70. The summed E-state index contributed by atoms with van der Waals surface area (Å²) in [6, 6.07) is 3.29. The second kappa shape index (κ2) is 4.41. The third-order valence-corrected chi connectivity index (χ3v) is 4.82. The molecule has 0 aromatic heterocycles. The van der Waals surface area contributed by atoms with Gasteiger partial charge in [-0.3, -0.25) is 4.79 Å². The van der Waals surface area contributed by atoms with E-state index in [1.165, 1.54) is 0 Å². The van der Waals surface area contributed by atoms with Crippen LogP contribution < -0.4 is 0 Å². The second-order valence-corrected chi connectivity index (χ2v) is 5.97. The van der Waals surface area contributed by atoms with Crippen molar-refractivity contribution in [3.05, 3.63) is 34.6 Å². The third-order valence-electron chi connectivity index (χ3n) is 4.82. The number of Topliss-reactive ketones (excluding diaryl/α,β-unsaturated/α-hetero) is 1. The molecule has 3 rings (SSSR count). The van der Waals surface area contributed by atoms with Gasteiger partial charge in [0.1, 0.15) is 5.82 Å². The molecule has 0 unspecified atom stereocenters. The number of aliphatic hydroxyl groups excluding tert-OH is 1. The van der Waals surface area contributed by atoms with Crippen LogP contribution in [0.4, 0.5) is 4.39 Å². The average molecular weight is 262 g/mol. The number of hydrogen-bond donors (Lipinski definition) is 1. The molecule has 2 nitrogen and oxygen atoms in total. The summed E-state index contributed by atoms with van der Waals surface area (Å²) < 4.78 is 13.8. The van der Waals surface area contributed by atoms with Crippen molar-refractivity contribution in [1.82, 2.24) is 0 Å². The highest BCUT2D eigenvalue weighted by Crippen LogP contribution is 2.47. The first-order valence-corrected chi connectivity index (χ1v) is 7.10. The zero-order valence-corrected chi connectivity index (χ0v) is 11.2. The Morgan fingerprint density at radius 2 is 2.05 bits per heavy atom. The van der Waals surface area contributed by atoms with Gasteiger partial charge in [0.2, 0.25) is 0 Å². The van der Waals surface area contributed by atoms with Crippen LogP contribution in [0.3, 0.4) is 0 Å². The number of hydrogen-bond acceptors (Lipinski definition) is 2. The number of ketones is 1. The van der Waals surface area contributed by atoms with Gasteiger partial charge in [-0.1, -0.05) is 6.92 Å². The van der Waals surface area contributed by atoms with Crippen LogP contribution >= 0.6 is 0 Å². The highest BCUT2D eigenvalue weighted by Gasteiger charge is 2.47. The van der Waals surface area contributed by atoms with Crippen molar-refractivity contribution in [2.24, 2.45) is 5.41 Å². The SMILES string of the molecule is CCc1cc2c(cc1F)CC1(CCC(O)CC1)C2=O. The molecule has 0 atom stereocenters. The molecule has 0 saturated heterocycles. The maximum Gasteiger partial charge on any atom is 0.169 e. The lowest BCUT2D eigenvalue weighted by molar-refractivity contribution is 0.0513. The van der Waals surface area contributed by atoms with E-state index in [0.29, 0.717) is 31.2 Å². The minimum Gasteiger partial charge on any atom is -0.393 e. The van der Waals surface area contributed by atoms with E-state index >= 15 is 0 Å². The molecule has 0 amide bonds. The molecule has 0 bridgehead atoms. The summed E-state index contributed by atoms with van der Waals surface area (Å²) >= 11 is 0. The Kier molecular flexibility index (Phi) is 2.97. The van der Waals surface area contributed by atoms with Gasteiger partial charge in [-0.2, -0.15) is 0 Å². The fourth-order valence-electron chi connectivity index (χ4n) is 3.58. The van der Waals surface area contributed by atoms with E-state index in [9.17, 15) is 14.3 Å². The largest absolute Gasteiger partial charge is 0.393 e. The summed E-state index contributed by atoms with van der Waals surface area (Å²) in [5.41, 5.74) is 1.84. The molecule has 102 valence electrons. The molecule has 1 aromatic rings. The molecule has 3 heteroatoms. The molecule has 0 heterocycles. The van der Waals surface area contributed by atoms with Gasteiger partial charge in [0.05, 0.1) is 6.10 Å². The van der Waals surface area contributed by atoms with Crippen LogP contribution in [-0.2, 0) is 12.8 Å². The van der Waals surface area contributed by atoms with E-state index in [1.54, 1.807) is 12.1 Å². The zero-order valence-electron chi connectivity index (χ0n) is 11.2. The molecule has 2 aliphatic rings. The van der Waals surface area contributed by atoms with Crippen molar-refractivity contribution in [2.45, 2.75) is 51.6 Å². The third kappa shape index (κ3) is 1.91. The van der Waals surface area contributed by atoms with Gasteiger partial charge in [-0.15, -0.1) is 0 Å². The quantitative estimate of drug-likeness (QED) is 0.844. The fourth-order valence-corrected chi connectivity index (χ4v) is 3.58. The summed E-state index contributed by atoms with van der Waals surface area (Å²) in [5, 5.41) is 9.61. The Bertz CT molecular complexity index is 528. The predicted octanol–water partition coefficient (Wildman–Crippen LogP) is 3.05. The summed E-state index contributed by atoms with van der Waals surface area (Å²) in [7, 11) is 0. The number of benzene rings is 1. The highest BCUT2D eigenvalue weighted by molar-refractivity contribution is 6.05. The van der Waals surface area contributed by atoms with Crippen LogP contribution in [0, 0.1) is 11.2 Å². The fraction of sp³-hybridized carbons (Fsp3) is 0.562. The van der Waals surface area contributed by atoms with Crippen molar-refractivity contribution < 1.29 is 14.3 Å². The first-order valence-electron chi connectivity index (χ1n) is 7.10. The number of carbonyl (C=O) groups excluding carboxylic acids is 1. The van der Waals surface area contributed by atoms with Crippen LogP contribution in [0.2, 0.25) is 0 Å². The van der Waals surface area contributed by atoms with E-state index in [0.717, 1.165) is 24.0 Å². The van der Waals surface area contributed by atoms with Gasteiger partial charge in [0.15, 0.2) is 5.78 Å². The molecule has 1 saturated carbocycles. The second-order valence-electron chi connectivity index (χ2n) is 5.97. The summed E-state index contributed by atoms with van der Waals surface area (Å²) in [6.45, 7) is 1.90. The summed E-state index contributed by atoms with van der Waals surface area (Å²) in [4.78, 5) is 12.7. The summed E-state index contributed by atoms with van der Waals surface area (Å²) in [6.07, 6.45) is 3.80. The predicted molar refractivity (Wildman–Crippen MR) is 70.7 cm³/mol. The number of halogens is 1. The Labute approximate surface area is 112 Å². The Hall–Kier alpha value is -1.22. The van der Waals surface area contributed by atoms with Crippen LogP contribution in [0.5, 0.6) is 0 Å². The van der Waals surface area contributed by atoms with E-state index < -0.39 is 0 Å². The number of fused-ring (bicyclic) bond motifs is 1. The van der Waals surface area contributed by atoms with Gasteiger partial charge in [0.25, 0.3) is 0 Å². The number of carbonyl (C=O) groups is 1. The number of aliphatic hydroxyl groups is 1. The topological polar surface area (TPSA) is 37.3 Å². The van der Waals surface area contributed by atoms with E-state index in [-0.39, 0.29) is 23.1 Å². The molecule has 1 aromatic carbocycles. The van der Waals surface area contributed by atoms with Gasteiger partial charge < -0.3 is 5.11 Å². The summed E-state index contributed by atoms with van der Waals surface area (Å²) in [5.74, 6) is -0.0222. The van der Waals surface area contributed by atoms with E-state index in [4.69, 9.17) is 0 Å². The molecular formula is C16H19FO2. The average Bonchev–Trinajstić information content (AvgIpc) is 2.65. The smallest absolute Gasteiger partial charge is 0.169 e. The van der Waals surface area contributed by atoms with Gasteiger partial charge >= 0.3 is 0 Å². The maximum absolute atomic E-state index is 13.8. The van der Waals surface area contributed by atoms with Crippen molar-refractivity contribution in [3.8, 4) is 0 Å². The van der Waals surface area contributed by atoms with Crippen LogP contribution in [-0.4, -0.2) is 17.0 Å². The lowest BCUT2D eigenvalue weighted by Crippen LogP contribution is -2.34. The highest BCUT2D eigenvalue weighted by atomic mass is 19.1. The van der Waals surface area contributed by atoms with Gasteiger partial charge in [-0.25, -0.2) is 4.39 Å². The monoisotopic (exact) mass is 262 g/mol. The minimum absolute atomic E-state index is 0.170. The van der Waals surface area contributed by atoms with Crippen molar-refractivity contribution in [3.63, 3.8) is 0 Å². The Morgan fingerprint density at radius 1 is 1.37 bits per heavy atom. The molecule has 0 aliphatic heterocycles. The Morgan fingerprint density at radius 3 is 2.68 bits per heavy atom. The molecule has 0 radical (unpaired) electrons. The van der Waals surface area contributed by atoms with Crippen molar-refractivity contribution in [2.75, 3.05) is 0 Å². The van der Waals surface area contributed by atoms with Crippen LogP contribution in [0.15, 0.2) is 12.1 Å². The molecular weight excluding hydrogens is 243 g/mol. The maximum atomic E-state index is 13.8.